The van der Waals surface area contributed by atoms with Crippen LogP contribution in [-0.4, -0.2) is 25.0 Å². The molecule has 19 heavy (non-hydrogen) atoms. The third kappa shape index (κ3) is 4.73. The van der Waals surface area contributed by atoms with E-state index in [1.807, 2.05) is 6.92 Å². The topological polar surface area (TPSA) is 64.3 Å². The van der Waals surface area contributed by atoms with Gasteiger partial charge in [0, 0.05) is 11.8 Å². The minimum absolute atomic E-state index is 0.365. The summed E-state index contributed by atoms with van der Waals surface area (Å²) in [6, 6.07) is 4.57. The number of rotatable bonds is 7. The molecule has 0 bridgehead atoms. The van der Waals surface area contributed by atoms with E-state index in [2.05, 4.69) is 5.32 Å². The van der Waals surface area contributed by atoms with Crippen LogP contribution >= 0.6 is 0 Å². The van der Waals surface area contributed by atoms with Crippen molar-refractivity contribution in [2.75, 3.05) is 11.9 Å². The average molecular weight is 272 g/mol. The van der Waals surface area contributed by atoms with Crippen LogP contribution in [0.4, 0.5) is 14.5 Å². The molecule has 0 saturated carbocycles. The summed E-state index contributed by atoms with van der Waals surface area (Å²) in [5.74, 6) is -0.0947. The Morgan fingerprint density at radius 2 is 2.16 bits per heavy atom. The van der Waals surface area contributed by atoms with Crippen LogP contribution in [0.5, 0.6) is 5.75 Å². The maximum Gasteiger partial charge on any atom is 0.272 e. The van der Waals surface area contributed by atoms with Crippen molar-refractivity contribution in [3.05, 3.63) is 23.8 Å². The standard InChI is InChI=1S/C13H18F2N2O2/c1-3-10(13(16)18)17-9-5-4-8(2)11(6-9)19-7-12(14)15/h4-6,10,12,17H,3,7H2,1-2H3,(H2,16,18). The molecule has 0 heterocycles. The molecule has 0 fully saturated rings. The second-order valence-corrected chi connectivity index (χ2v) is 4.19. The SMILES string of the molecule is CCC(Nc1ccc(C)c(OCC(F)F)c1)C(N)=O. The van der Waals surface area contributed by atoms with Gasteiger partial charge in [-0.1, -0.05) is 13.0 Å². The lowest BCUT2D eigenvalue weighted by Crippen LogP contribution is -2.34. The van der Waals surface area contributed by atoms with E-state index in [1.165, 1.54) is 0 Å². The summed E-state index contributed by atoms with van der Waals surface area (Å²) in [5, 5.41) is 2.94. The van der Waals surface area contributed by atoms with Gasteiger partial charge < -0.3 is 15.8 Å². The van der Waals surface area contributed by atoms with Crippen molar-refractivity contribution in [1.29, 1.82) is 0 Å². The van der Waals surface area contributed by atoms with Gasteiger partial charge in [0.25, 0.3) is 6.43 Å². The first-order valence-electron chi connectivity index (χ1n) is 6.01. The Bertz CT molecular complexity index is 439. The van der Waals surface area contributed by atoms with Crippen molar-refractivity contribution >= 4 is 11.6 Å². The lowest BCUT2D eigenvalue weighted by atomic mass is 10.1. The minimum Gasteiger partial charge on any atom is -0.487 e. The van der Waals surface area contributed by atoms with E-state index in [-0.39, 0.29) is 0 Å². The number of alkyl halides is 2. The molecule has 0 saturated heterocycles. The Morgan fingerprint density at radius 1 is 1.47 bits per heavy atom. The smallest absolute Gasteiger partial charge is 0.272 e. The van der Waals surface area contributed by atoms with Crippen LogP contribution in [0.15, 0.2) is 18.2 Å². The van der Waals surface area contributed by atoms with E-state index >= 15 is 0 Å². The third-order valence-corrected chi connectivity index (χ3v) is 2.65. The van der Waals surface area contributed by atoms with Crippen molar-refractivity contribution < 1.29 is 18.3 Å². The van der Waals surface area contributed by atoms with Crippen LogP contribution in [0.25, 0.3) is 0 Å². The Hall–Kier alpha value is -1.85. The monoisotopic (exact) mass is 272 g/mol. The van der Waals surface area contributed by atoms with E-state index in [0.717, 1.165) is 5.56 Å². The number of carbonyl (C=O) groups excluding carboxylic acids is 1. The maximum atomic E-state index is 12.1. The normalized spacial score (nSPS) is 12.3. The minimum atomic E-state index is -2.52. The highest BCUT2D eigenvalue weighted by atomic mass is 19.3. The van der Waals surface area contributed by atoms with Gasteiger partial charge in [0.05, 0.1) is 0 Å². The van der Waals surface area contributed by atoms with Crippen molar-refractivity contribution in [2.45, 2.75) is 32.7 Å². The summed E-state index contributed by atoms with van der Waals surface area (Å²) in [7, 11) is 0. The first-order valence-corrected chi connectivity index (χ1v) is 6.01. The van der Waals surface area contributed by atoms with Crippen LogP contribution in [0.1, 0.15) is 18.9 Å². The van der Waals surface area contributed by atoms with Gasteiger partial charge in [0.1, 0.15) is 18.4 Å². The molecule has 0 aliphatic carbocycles. The highest BCUT2D eigenvalue weighted by molar-refractivity contribution is 5.82. The average Bonchev–Trinajstić information content (AvgIpc) is 2.35. The van der Waals surface area contributed by atoms with Gasteiger partial charge in [0.15, 0.2) is 0 Å². The fraction of sp³-hybridized carbons (Fsp3) is 0.462. The molecular weight excluding hydrogens is 254 g/mol. The molecule has 4 nitrogen and oxygen atoms in total. The van der Waals surface area contributed by atoms with Gasteiger partial charge in [-0.15, -0.1) is 0 Å². The van der Waals surface area contributed by atoms with Gasteiger partial charge in [-0.3, -0.25) is 4.79 Å². The molecule has 1 amide bonds. The predicted molar refractivity (Wildman–Crippen MR) is 69.6 cm³/mol. The maximum absolute atomic E-state index is 12.1. The number of halogens is 2. The predicted octanol–water partition coefficient (Wildman–Crippen LogP) is 2.31. The summed E-state index contributed by atoms with van der Waals surface area (Å²) in [5.41, 5.74) is 6.59. The lowest BCUT2D eigenvalue weighted by molar-refractivity contribution is -0.118. The first kappa shape index (κ1) is 15.2. The van der Waals surface area contributed by atoms with Crippen LogP contribution in [0.2, 0.25) is 0 Å². The number of nitrogens with one attached hydrogen (secondary N) is 1. The summed E-state index contributed by atoms with van der Waals surface area (Å²) in [4.78, 5) is 11.1. The molecule has 1 rings (SSSR count). The Kier molecular flexibility index (Phi) is 5.54. The molecule has 1 aromatic rings. The number of benzene rings is 1. The number of hydrogen-bond donors (Lipinski definition) is 2. The zero-order chi connectivity index (χ0) is 14.4. The molecule has 0 aromatic heterocycles. The molecule has 0 aliphatic heterocycles. The number of anilines is 1. The zero-order valence-electron chi connectivity index (χ0n) is 11.0. The lowest BCUT2D eigenvalue weighted by Gasteiger charge is -2.16. The molecule has 0 radical (unpaired) electrons. The Labute approximate surface area is 110 Å². The molecule has 106 valence electrons. The van der Waals surface area contributed by atoms with Gasteiger partial charge in [-0.2, -0.15) is 0 Å². The number of carbonyl (C=O) groups is 1. The highest BCUT2D eigenvalue weighted by Gasteiger charge is 2.13. The largest absolute Gasteiger partial charge is 0.487 e. The van der Waals surface area contributed by atoms with Gasteiger partial charge in [-0.05, 0) is 25.0 Å². The summed E-state index contributed by atoms with van der Waals surface area (Å²) >= 11 is 0. The van der Waals surface area contributed by atoms with Crippen molar-refractivity contribution in [3.8, 4) is 5.75 Å². The second kappa shape index (κ2) is 6.92. The molecule has 0 aliphatic rings. The van der Waals surface area contributed by atoms with Crippen molar-refractivity contribution in [3.63, 3.8) is 0 Å². The Balaban J connectivity index is 2.80. The van der Waals surface area contributed by atoms with E-state index in [9.17, 15) is 13.6 Å². The molecule has 6 heteroatoms. The molecular formula is C13H18F2N2O2. The number of nitrogens with two attached hydrogens (primary N) is 1. The summed E-state index contributed by atoms with van der Waals surface area (Å²) in [6.45, 7) is 2.93. The molecule has 3 N–H and O–H groups in total. The van der Waals surface area contributed by atoms with Gasteiger partial charge in [-0.25, -0.2) is 8.78 Å². The van der Waals surface area contributed by atoms with E-state index in [1.54, 1.807) is 25.1 Å². The fourth-order valence-electron chi connectivity index (χ4n) is 1.57. The van der Waals surface area contributed by atoms with Crippen molar-refractivity contribution in [2.24, 2.45) is 5.73 Å². The highest BCUT2D eigenvalue weighted by Crippen LogP contribution is 2.23. The number of aryl methyl sites for hydroxylation is 1. The third-order valence-electron chi connectivity index (χ3n) is 2.65. The Morgan fingerprint density at radius 3 is 2.68 bits per heavy atom. The molecule has 1 unspecified atom stereocenters. The van der Waals surface area contributed by atoms with E-state index in [0.29, 0.717) is 17.9 Å². The summed E-state index contributed by atoms with van der Waals surface area (Å²) in [6.07, 6.45) is -1.98. The van der Waals surface area contributed by atoms with Crippen molar-refractivity contribution in [1.82, 2.24) is 0 Å². The quantitative estimate of drug-likeness (QED) is 0.800. The molecule has 1 atom stereocenters. The second-order valence-electron chi connectivity index (χ2n) is 4.19. The number of ether oxygens (including phenoxy) is 1. The zero-order valence-corrected chi connectivity index (χ0v) is 11.0. The fourth-order valence-corrected chi connectivity index (χ4v) is 1.57. The van der Waals surface area contributed by atoms with Crippen LogP contribution < -0.4 is 15.8 Å². The number of amides is 1. The van der Waals surface area contributed by atoms with Crippen LogP contribution in [0.3, 0.4) is 0 Å². The van der Waals surface area contributed by atoms with Crippen LogP contribution in [-0.2, 0) is 4.79 Å². The molecule has 1 aromatic carbocycles. The number of hydrogen-bond acceptors (Lipinski definition) is 3. The van der Waals surface area contributed by atoms with E-state index in [4.69, 9.17) is 10.5 Å². The first-order chi connectivity index (χ1) is 8.93. The molecule has 0 spiro atoms. The van der Waals surface area contributed by atoms with Gasteiger partial charge >= 0.3 is 0 Å². The van der Waals surface area contributed by atoms with Crippen LogP contribution in [0, 0.1) is 6.92 Å². The summed E-state index contributed by atoms with van der Waals surface area (Å²) < 4.78 is 29.3. The number of primary amides is 1. The van der Waals surface area contributed by atoms with E-state index < -0.39 is 25.0 Å². The van der Waals surface area contributed by atoms with Gasteiger partial charge in [0.2, 0.25) is 5.91 Å².